The lowest BCUT2D eigenvalue weighted by Gasteiger charge is -2.08. The van der Waals surface area contributed by atoms with E-state index in [0.29, 0.717) is 5.69 Å². The summed E-state index contributed by atoms with van der Waals surface area (Å²) in [6.45, 7) is 2.03. The molecule has 0 unspecified atom stereocenters. The van der Waals surface area contributed by atoms with Crippen molar-refractivity contribution in [1.82, 2.24) is 0 Å². The Hall–Kier alpha value is -2.89. The molecule has 6 heteroatoms. The van der Waals surface area contributed by atoms with E-state index in [4.69, 9.17) is 0 Å². The highest BCUT2D eigenvalue weighted by Crippen LogP contribution is 2.22. The summed E-state index contributed by atoms with van der Waals surface area (Å²) in [5.41, 5.74) is 1.53. The molecule has 0 aromatic heterocycles. The molecule has 6 nitrogen and oxygen atoms in total. The number of nitrogens with one attached hydrogen (secondary N) is 1. The molecule has 0 aliphatic rings. The molecule has 0 radical (unpaired) electrons. The van der Waals surface area contributed by atoms with Gasteiger partial charge in [0.1, 0.15) is 5.75 Å². The van der Waals surface area contributed by atoms with E-state index >= 15 is 0 Å². The summed E-state index contributed by atoms with van der Waals surface area (Å²) in [7, 11) is 0. The minimum absolute atomic E-state index is 0.0502. The van der Waals surface area contributed by atoms with Gasteiger partial charge in [-0.3, -0.25) is 14.9 Å². The number of phenolic OH excluding ortho intramolecular Hbond substituents is 1. The first kappa shape index (κ1) is 15.5. The fourth-order valence-electron chi connectivity index (χ4n) is 2.07. The lowest BCUT2D eigenvalue weighted by atomic mass is 10.1. The Bertz CT molecular complexity index is 696. The molecule has 0 atom stereocenters. The van der Waals surface area contributed by atoms with Crippen LogP contribution in [0.1, 0.15) is 29.3 Å². The summed E-state index contributed by atoms with van der Waals surface area (Å²) in [6.07, 6.45) is 1.76. The zero-order valence-corrected chi connectivity index (χ0v) is 12.1. The third-order valence-corrected chi connectivity index (χ3v) is 3.18. The molecule has 0 heterocycles. The van der Waals surface area contributed by atoms with E-state index in [-0.39, 0.29) is 17.0 Å². The van der Waals surface area contributed by atoms with Gasteiger partial charge in [0.15, 0.2) is 0 Å². The molecule has 0 saturated carbocycles. The van der Waals surface area contributed by atoms with Crippen LogP contribution in [0.3, 0.4) is 0 Å². The van der Waals surface area contributed by atoms with E-state index in [9.17, 15) is 20.0 Å². The van der Waals surface area contributed by atoms with Crippen LogP contribution in [0.25, 0.3) is 0 Å². The number of carbonyl (C=O) groups is 1. The molecule has 2 N–H and O–H groups in total. The Morgan fingerprint density at radius 3 is 2.50 bits per heavy atom. The number of phenols is 1. The number of benzene rings is 2. The standard InChI is InChI=1S/C16H16N2O4/c1-2-3-11-4-9-15(19)14(10-11)16(20)17-12-5-7-13(8-6-12)18(21)22/h4-10,19H,2-3H2,1H3,(H,17,20). The molecule has 0 fully saturated rings. The molecule has 0 aliphatic heterocycles. The van der Waals surface area contributed by atoms with Gasteiger partial charge >= 0.3 is 0 Å². The lowest BCUT2D eigenvalue weighted by molar-refractivity contribution is -0.384. The highest BCUT2D eigenvalue weighted by molar-refractivity contribution is 6.06. The second-order valence-corrected chi connectivity index (χ2v) is 4.86. The monoisotopic (exact) mass is 300 g/mol. The number of amides is 1. The molecule has 2 aromatic carbocycles. The van der Waals surface area contributed by atoms with Crippen LogP contribution >= 0.6 is 0 Å². The van der Waals surface area contributed by atoms with Crippen LogP contribution < -0.4 is 5.32 Å². The predicted octanol–water partition coefficient (Wildman–Crippen LogP) is 3.51. The first-order valence-electron chi connectivity index (χ1n) is 6.89. The van der Waals surface area contributed by atoms with Crippen LogP contribution in [0.5, 0.6) is 5.75 Å². The maximum atomic E-state index is 12.2. The summed E-state index contributed by atoms with van der Waals surface area (Å²) < 4.78 is 0. The highest BCUT2D eigenvalue weighted by atomic mass is 16.6. The van der Waals surface area contributed by atoms with Gasteiger partial charge in [-0.05, 0) is 36.2 Å². The summed E-state index contributed by atoms with van der Waals surface area (Å²) >= 11 is 0. The van der Waals surface area contributed by atoms with Crippen molar-refractivity contribution >= 4 is 17.3 Å². The number of carbonyl (C=O) groups excluding carboxylic acids is 1. The van der Waals surface area contributed by atoms with Crippen molar-refractivity contribution in [2.45, 2.75) is 19.8 Å². The lowest BCUT2D eigenvalue weighted by Crippen LogP contribution is -2.12. The van der Waals surface area contributed by atoms with Crippen LogP contribution in [0, 0.1) is 10.1 Å². The smallest absolute Gasteiger partial charge is 0.269 e. The summed E-state index contributed by atoms with van der Waals surface area (Å²) in [6, 6.07) is 10.4. The fraction of sp³-hybridized carbons (Fsp3) is 0.188. The number of hydrogen-bond acceptors (Lipinski definition) is 4. The van der Waals surface area contributed by atoms with Gasteiger partial charge in [0.25, 0.3) is 11.6 Å². The van der Waals surface area contributed by atoms with Gasteiger partial charge in [0.05, 0.1) is 10.5 Å². The minimum Gasteiger partial charge on any atom is -0.507 e. The first-order valence-corrected chi connectivity index (χ1v) is 6.89. The zero-order chi connectivity index (χ0) is 16.1. The van der Waals surface area contributed by atoms with Gasteiger partial charge in [-0.2, -0.15) is 0 Å². The van der Waals surface area contributed by atoms with Crippen molar-refractivity contribution in [2.24, 2.45) is 0 Å². The van der Waals surface area contributed by atoms with E-state index < -0.39 is 10.8 Å². The molecular weight excluding hydrogens is 284 g/mol. The van der Waals surface area contributed by atoms with Gasteiger partial charge in [0.2, 0.25) is 0 Å². The number of nitro groups is 1. The molecular formula is C16H16N2O4. The van der Waals surface area contributed by atoms with Gasteiger partial charge < -0.3 is 10.4 Å². The number of aryl methyl sites for hydroxylation is 1. The van der Waals surface area contributed by atoms with Crippen molar-refractivity contribution in [2.75, 3.05) is 5.32 Å². The fourth-order valence-corrected chi connectivity index (χ4v) is 2.07. The Balaban J connectivity index is 2.18. The quantitative estimate of drug-likeness (QED) is 0.653. The third-order valence-electron chi connectivity index (χ3n) is 3.18. The zero-order valence-electron chi connectivity index (χ0n) is 12.1. The molecule has 114 valence electrons. The molecule has 0 spiro atoms. The van der Waals surface area contributed by atoms with Crippen LogP contribution in [-0.4, -0.2) is 15.9 Å². The van der Waals surface area contributed by atoms with Crippen molar-refractivity contribution in [3.05, 3.63) is 63.7 Å². The average molecular weight is 300 g/mol. The number of aromatic hydroxyl groups is 1. The Labute approximate surface area is 127 Å². The largest absolute Gasteiger partial charge is 0.507 e. The number of non-ortho nitro benzene ring substituents is 1. The van der Waals surface area contributed by atoms with Crippen molar-refractivity contribution in [3.8, 4) is 5.75 Å². The Morgan fingerprint density at radius 2 is 1.91 bits per heavy atom. The van der Waals surface area contributed by atoms with Crippen molar-refractivity contribution in [3.63, 3.8) is 0 Å². The third kappa shape index (κ3) is 3.60. The van der Waals surface area contributed by atoms with Gasteiger partial charge in [-0.1, -0.05) is 19.4 Å². The predicted molar refractivity (Wildman–Crippen MR) is 83.2 cm³/mol. The average Bonchev–Trinajstić information content (AvgIpc) is 2.50. The number of anilines is 1. The van der Waals surface area contributed by atoms with Crippen LogP contribution in [0.15, 0.2) is 42.5 Å². The van der Waals surface area contributed by atoms with E-state index in [1.165, 1.54) is 30.3 Å². The molecule has 0 aliphatic carbocycles. The van der Waals surface area contributed by atoms with Gasteiger partial charge in [0, 0.05) is 17.8 Å². The SMILES string of the molecule is CCCc1ccc(O)c(C(=O)Nc2ccc([N+](=O)[O-])cc2)c1. The second kappa shape index (κ2) is 6.71. The summed E-state index contributed by atoms with van der Waals surface area (Å²) in [5.74, 6) is -0.552. The maximum absolute atomic E-state index is 12.2. The molecule has 0 saturated heterocycles. The molecule has 1 amide bonds. The Morgan fingerprint density at radius 1 is 1.23 bits per heavy atom. The number of nitro benzene ring substituents is 1. The second-order valence-electron chi connectivity index (χ2n) is 4.86. The Kier molecular flexibility index (Phi) is 4.73. The first-order chi connectivity index (χ1) is 10.5. The summed E-state index contributed by atoms with van der Waals surface area (Å²) in [5, 5.41) is 23.0. The van der Waals surface area contributed by atoms with E-state index in [1.54, 1.807) is 12.1 Å². The maximum Gasteiger partial charge on any atom is 0.269 e. The molecule has 0 bridgehead atoms. The topological polar surface area (TPSA) is 92.5 Å². The van der Waals surface area contributed by atoms with Crippen LogP contribution in [0.2, 0.25) is 0 Å². The van der Waals surface area contributed by atoms with Gasteiger partial charge in [-0.25, -0.2) is 0 Å². The number of rotatable bonds is 5. The van der Waals surface area contributed by atoms with E-state index in [0.717, 1.165) is 18.4 Å². The van der Waals surface area contributed by atoms with Crippen LogP contribution in [-0.2, 0) is 6.42 Å². The number of hydrogen-bond donors (Lipinski definition) is 2. The summed E-state index contributed by atoms with van der Waals surface area (Å²) in [4.78, 5) is 22.3. The number of nitrogens with zero attached hydrogens (tertiary/aromatic N) is 1. The molecule has 2 rings (SSSR count). The van der Waals surface area contributed by atoms with Crippen molar-refractivity contribution < 1.29 is 14.8 Å². The normalized spacial score (nSPS) is 10.2. The van der Waals surface area contributed by atoms with E-state index in [2.05, 4.69) is 5.32 Å². The highest BCUT2D eigenvalue weighted by Gasteiger charge is 2.13. The minimum atomic E-state index is -0.508. The van der Waals surface area contributed by atoms with Crippen LogP contribution in [0.4, 0.5) is 11.4 Å². The molecule has 2 aromatic rings. The van der Waals surface area contributed by atoms with Crippen molar-refractivity contribution in [1.29, 1.82) is 0 Å². The van der Waals surface area contributed by atoms with E-state index in [1.807, 2.05) is 6.92 Å². The van der Waals surface area contributed by atoms with Gasteiger partial charge in [-0.15, -0.1) is 0 Å². The molecule has 22 heavy (non-hydrogen) atoms.